The van der Waals surface area contributed by atoms with E-state index in [1.54, 1.807) is 36.2 Å². The highest BCUT2D eigenvalue weighted by molar-refractivity contribution is 7.93. The summed E-state index contributed by atoms with van der Waals surface area (Å²) < 4.78 is 25.4. The van der Waals surface area contributed by atoms with Crippen LogP contribution in [0.5, 0.6) is 0 Å². The minimum Gasteiger partial charge on any atom is -0.335 e. The van der Waals surface area contributed by atoms with E-state index in [2.05, 4.69) is 0 Å². The molecule has 1 heterocycles. The fraction of sp³-hybridized carbons (Fsp3) is 0.316. The van der Waals surface area contributed by atoms with Gasteiger partial charge in [0.2, 0.25) is 10.0 Å². The van der Waals surface area contributed by atoms with Gasteiger partial charge in [-0.05, 0) is 43.2 Å². The van der Waals surface area contributed by atoms with Crippen molar-refractivity contribution in [1.29, 1.82) is 0 Å². The number of rotatable bonds is 4. The molecule has 1 amide bonds. The Morgan fingerprint density at radius 2 is 1.72 bits per heavy atom. The summed E-state index contributed by atoms with van der Waals surface area (Å²) in [6.07, 6.45) is 0.639. The molecule has 5 nitrogen and oxygen atoms in total. The maximum Gasteiger partial charge on any atom is 0.254 e. The molecule has 1 aliphatic heterocycles. The predicted octanol–water partition coefficient (Wildman–Crippen LogP) is 3.06. The summed E-state index contributed by atoms with van der Waals surface area (Å²) in [4.78, 5) is 14.4. The lowest BCUT2D eigenvalue weighted by Crippen LogP contribution is -2.30. The molecule has 0 radical (unpaired) electrons. The van der Waals surface area contributed by atoms with Crippen molar-refractivity contribution in [3.8, 4) is 0 Å². The number of carbonyl (C=O) groups is 1. The summed E-state index contributed by atoms with van der Waals surface area (Å²) >= 11 is 0. The van der Waals surface area contributed by atoms with Gasteiger partial charge in [0.05, 0.1) is 17.5 Å². The summed E-state index contributed by atoms with van der Waals surface area (Å²) in [6, 6.07) is 16.6. The number of hydrogen-bond donors (Lipinski definition) is 0. The number of carbonyl (C=O) groups excluding carboxylic acids is 1. The second-order valence-corrected chi connectivity index (χ2v) is 8.30. The number of nitrogens with zero attached hydrogens (tertiary/aromatic N) is 2. The lowest BCUT2D eigenvalue weighted by Gasteiger charge is -2.25. The standard InChI is InChI=1S/C19H22N2O3S/c1-15(16-7-4-3-5-8-16)20(2)19(22)17-9-11-18(12-10-17)21-13-6-14-25(21,23)24/h3-5,7-12,15H,6,13-14H2,1-2H3/t15-/m1/s1. The van der Waals surface area contributed by atoms with E-state index in [1.165, 1.54) is 4.31 Å². The van der Waals surface area contributed by atoms with Crippen LogP contribution in [0.15, 0.2) is 54.6 Å². The van der Waals surface area contributed by atoms with Gasteiger partial charge in [-0.1, -0.05) is 30.3 Å². The highest BCUT2D eigenvalue weighted by atomic mass is 32.2. The Kier molecular flexibility index (Phi) is 4.81. The van der Waals surface area contributed by atoms with Crippen LogP contribution in [-0.2, 0) is 10.0 Å². The second-order valence-electron chi connectivity index (χ2n) is 6.29. The maximum absolute atomic E-state index is 12.7. The van der Waals surface area contributed by atoms with Crippen LogP contribution in [-0.4, -0.2) is 38.6 Å². The summed E-state index contributed by atoms with van der Waals surface area (Å²) in [5.41, 5.74) is 2.23. The number of hydrogen-bond acceptors (Lipinski definition) is 3. The Labute approximate surface area is 148 Å². The molecule has 1 atom stereocenters. The Hall–Kier alpha value is -2.34. The number of amides is 1. The van der Waals surface area contributed by atoms with Crippen molar-refractivity contribution in [1.82, 2.24) is 4.90 Å². The van der Waals surface area contributed by atoms with E-state index in [0.29, 0.717) is 24.2 Å². The van der Waals surface area contributed by atoms with Gasteiger partial charge in [0.1, 0.15) is 0 Å². The Morgan fingerprint density at radius 3 is 2.28 bits per heavy atom. The van der Waals surface area contributed by atoms with Crippen molar-refractivity contribution in [3.63, 3.8) is 0 Å². The molecule has 0 unspecified atom stereocenters. The molecule has 0 bridgehead atoms. The van der Waals surface area contributed by atoms with Crippen LogP contribution >= 0.6 is 0 Å². The minimum atomic E-state index is -3.20. The third-order valence-electron chi connectivity index (χ3n) is 4.68. The second kappa shape index (κ2) is 6.88. The molecule has 3 rings (SSSR count). The van der Waals surface area contributed by atoms with Crippen LogP contribution in [0.1, 0.15) is 35.3 Å². The molecule has 0 saturated carbocycles. The Bertz CT molecular complexity index is 848. The molecule has 2 aromatic rings. The summed E-state index contributed by atoms with van der Waals surface area (Å²) in [5.74, 6) is 0.0950. The van der Waals surface area contributed by atoms with Gasteiger partial charge in [-0.25, -0.2) is 8.42 Å². The number of sulfonamides is 1. The van der Waals surface area contributed by atoms with Crippen molar-refractivity contribution < 1.29 is 13.2 Å². The average Bonchev–Trinajstić information content (AvgIpc) is 3.00. The molecule has 1 saturated heterocycles. The van der Waals surface area contributed by atoms with Crippen molar-refractivity contribution in [3.05, 3.63) is 65.7 Å². The molecular formula is C19H22N2O3S. The summed E-state index contributed by atoms with van der Waals surface area (Å²) in [5, 5.41) is 0. The molecule has 132 valence electrons. The third-order valence-corrected chi connectivity index (χ3v) is 6.55. The molecule has 25 heavy (non-hydrogen) atoms. The highest BCUT2D eigenvalue weighted by Gasteiger charge is 2.28. The topological polar surface area (TPSA) is 57.7 Å². The molecule has 2 aromatic carbocycles. The van der Waals surface area contributed by atoms with Crippen LogP contribution in [0.4, 0.5) is 5.69 Å². The lowest BCUT2D eigenvalue weighted by atomic mass is 10.1. The predicted molar refractivity (Wildman–Crippen MR) is 99.1 cm³/mol. The molecule has 6 heteroatoms. The van der Waals surface area contributed by atoms with Crippen LogP contribution in [0.3, 0.4) is 0 Å². The lowest BCUT2D eigenvalue weighted by molar-refractivity contribution is 0.0742. The number of anilines is 1. The Balaban J connectivity index is 1.77. The van der Waals surface area contributed by atoms with Gasteiger partial charge >= 0.3 is 0 Å². The molecule has 0 spiro atoms. The van der Waals surface area contributed by atoms with Gasteiger partial charge < -0.3 is 4.90 Å². The summed E-state index contributed by atoms with van der Waals surface area (Å²) in [7, 11) is -1.42. The molecule has 1 fully saturated rings. The van der Waals surface area contributed by atoms with Crippen LogP contribution in [0.2, 0.25) is 0 Å². The van der Waals surface area contributed by atoms with E-state index in [9.17, 15) is 13.2 Å². The first-order valence-corrected chi connectivity index (χ1v) is 9.93. The van der Waals surface area contributed by atoms with Gasteiger partial charge in [-0.3, -0.25) is 9.10 Å². The largest absolute Gasteiger partial charge is 0.335 e. The molecule has 0 aliphatic carbocycles. The van der Waals surface area contributed by atoms with E-state index < -0.39 is 10.0 Å². The van der Waals surface area contributed by atoms with Crippen LogP contribution < -0.4 is 4.31 Å². The molecule has 0 N–H and O–H groups in total. The average molecular weight is 358 g/mol. The quantitative estimate of drug-likeness (QED) is 0.844. The zero-order chi connectivity index (χ0) is 18.0. The van der Waals surface area contributed by atoms with Crippen molar-refractivity contribution in [2.75, 3.05) is 23.7 Å². The Morgan fingerprint density at radius 1 is 1.08 bits per heavy atom. The van der Waals surface area contributed by atoms with Crippen LogP contribution in [0, 0.1) is 0 Å². The van der Waals surface area contributed by atoms with Crippen molar-refractivity contribution in [2.24, 2.45) is 0 Å². The molecular weight excluding hydrogens is 336 g/mol. The van der Waals surface area contributed by atoms with Crippen molar-refractivity contribution in [2.45, 2.75) is 19.4 Å². The minimum absolute atomic E-state index is 0.0488. The first-order chi connectivity index (χ1) is 11.9. The zero-order valence-corrected chi connectivity index (χ0v) is 15.2. The monoisotopic (exact) mass is 358 g/mol. The van der Waals surface area contributed by atoms with Gasteiger partial charge in [0.25, 0.3) is 5.91 Å². The normalized spacial score (nSPS) is 17.3. The fourth-order valence-electron chi connectivity index (χ4n) is 3.03. The van der Waals surface area contributed by atoms with E-state index in [4.69, 9.17) is 0 Å². The van der Waals surface area contributed by atoms with Crippen LogP contribution in [0.25, 0.3) is 0 Å². The molecule has 1 aliphatic rings. The van der Waals surface area contributed by atoms with E-state index in [-0.39, 0.29) is 17.7 Å². The smallest absolute Gasteiger partial charge is 0.254 e. The van der Waals surface area contributed by atoms with Gasteiger partial charge in [-0.15, -0.1) is 0 Å². The van der Waals surface area contributed by atoms with E-state index in [0.717, 1.165) is 5.56 Å². The van der Waals surface area contributed by atoms with Gasteiger partial charge in [0.15, 0.2) is 0 Å². The SMILES string of the molecule is C[C@H](c1ccccc1)N(C)C(=O)c1ccc(N2CCCS2(=O)=O)cc1. The maximum atomic E-state index is 12.7. The highest BCUT2D eigenvalue weighted by Crippen LogP contribution is 2.25. The number of benzene rings is 2. The van der Waals surface area contributed by atoms with Gasteiger partial charge in [0, 0.05) is 19.2 Å². The van der Waals surface area contributed by atoms with Gasteiger partial charge in [-0.2, -0.15) is 0 Å². The first kappa shape index (κ1) is 17.5. The summed E-state index contributed by atoms with van der Waals surface area (Å²) in [6.45, 7) is 2.49. The van der Waals surface area contributed by atoms with Crippen molar-refractivity contribution >= 4 is 21.6 Å². The van der Waals surface area contributed by atoms with E-state index in [1.807, 2.05) is 37.3 Å². The zero-order valence-electron chi connectivity index (χ0n) is 14.4. The third kappa shape index (κ3) is 3.54. The van der Waals surface area contributed by atoms with E-state index >= 15 is 0 Å². The fourth-order valence-corrected chi connectivity index (χ4v) is 4.60. The molecule has 0 aromatic heterocycles. The first-order valence-electron chi connectivity index (χ1n) is 8.33.